The van der Waals surface area contributed by atoms with Crippen LogP contribution in [0.1, 0.15) is 35.0 Å². The van der Waals surface area contributed by atoms with Gasteiger partial charge in [0.2, 0.25) is 0 Å². The molecule has 0 atom stereocenters. The van der Waals surface area contributed by atoms with E-state index < -0.39 is 0 Å². The maximum absolute atomic E-state index is 12.1. The zero-order valence-electron chi connectivity index (χ0n) is 14.6. The molecule has 0 unspecified atom stereocenters. The molecule has 1 aliphatic rings. The van der Waals surface area contributed by atoms with Gasteiger partial charge in [0.1, 0.15) is 29.5 Å². The van der Waals surface area contributed by atoms with Gasteiger partial charge in [-0.25, -0.2) is 15.0 Å². The lowest BCUT2D eigenvalue weighted by molar-refractivity contribution is 0.0946. The first-order valence-electron chi connectivity index (χ1n) is 8.77. The predicted molar refractivity (Wildman–Crippen MR) is 98.9 cm³/mol. The van der Waals surface area contributed by atoms with E-state index in [1.165, 1.54) is 6.33 Å². The third kappa shape index (κ3) is 4.57. The van der Waals surface area contributed by atoms with Crippen molar-refractivity contribution in [2.24, 2.45) is 0 Å². The van der Waals surface area contributed by atoms with Gasteiger partial charge < -0.3 is 20.5 Å². The Balaban J connectivity index is 1.24. The standard InChI is InChI=1S/C18H19N7O2/c26-18(13-9-14(27-25-13)12-4-5-12)21-8-7-20-16-10-17(23-11-22-16)24-15-3-1-2-6-19-15/h1-3,6,9-12H,4-5,7-8H2,(H,21,26)(H2,19,20,22,23,24). The van der Waals surface area contributed by atoms with E-state index in [1.807, 2.05) is 18.2 Å². The van der Waals surface area contributed by atoms with Crippen LogP contribution >= 0.6 is 0 Å². The minimum Gasteiger partial charge on any atom is -0.368 e. The minimum absolute atomic E-state index is 0.243. The third-order valence-corrected chi connectivity index (χ3v) is 4.05. The average molecular weight is 365 g/mol. The van der Waals surface area contributed by atoms with Crippen molar-refractivity contribution in [1.82, 2.24) is 25.4 Å². The van der Waals surface area contributed by atoms with Crippen molar-refractivity contribution in [3.8, 4) is 0 Å². The number of carbonyl (C=O) groups excluding carboxylic acids is 1. The normalized spacial score (nSPS) is 13.2. The summed E-state index contributed by atoms with van der Waals surface area (Å²) in [6.07, 6.45) is 5.38. The van der Waals surface area contributed by atoms with E-state index in [-0.39, 0.29) is 5.91 Å². The van der Waals surface area contributed by atoms with Gasteiger partial charge in [-0.15, -0.1) is 0 Å². The van der Waals surface area contributed by atoms with Gasteiger partial charge in [0.25, 0.3) is 5.91 Å². The molecule has 0 saturated heterocycles. The van der Waals surface area contributed by atoms with Crippen LogP contribution < -0.4 is 16.0 Å². The highest BCUT2D eigenvalue weighted by molar-refractivity contribution is 5.92. The second kappa shape index (κ2) is 7.81. The van der Waals surface area contributed by atoms with Gasteiger partial charge in [0, 0.05) is 37.3 Å². The highest BCUT2D eigenvalue weighted by Crippen LogP contribution is 2.40. The Morgan fingerprint density at radius 2 is 1.96 bits per heavy atom. The van der Waals surface area contributed by atoms with Gasteiger partial charge in [-0.1, -0.05) is 11.2 Å². The molecule has 1 saturated carbocycles. The van der Waals surface area contributed by atoms with E-state index in [4.69, 9.17) is 4.52 Å². The van der Waals surface area contributed by atoms with Crippen LogP contribution in [0.3, 0.4) is 0 Å². The maximum atomic E-state index is 12.1. The highest BCUT2D eigenvalue weighted by Gasteiger charge is 2.28. The molecular weight excluding hydrogens is 346 g/mol. The lowest BCUT2D eigenvalue weighted by Gasteiger charge is -2.08. The molecule has 3 heterocycles. The summed E-state index contributed by atoms with van der Waals surface area (Å²) >= 11 is 0. The van der Waals surface area contributed by atoms with Gasteiger partial charge in [-0.05, 0) is 25.0 Å². The number of amides is 1. The number of carbonyl (C=O) groups is 1. The number of pyridine rings is 1. The zero-order chi connectivity index (χ0) is 18.5. The number of rotatable bonds is 8. The molecule has 1 amide bonds. The molecule has 1 fully saturated rings. The molecule has 3 aromatic heterocycles. The average Bonchev–Trinajstić information content (AvgIpc) is 3.43. The summed E-state index contributed by atoms with van der Waals surface area (Å²) in [6.45, 7) is 0.941. The van der Waals surface area contributed by atoms with Crippen LogP contribution in [0.25, 0.3) is 0 Å². The van der Waals surface area contributed by atoms with E-state index in [0.29, 0.717) is 42.2 Å². The van der Waals surface area contributed by atoms with Crippen LogP contribution in [-0.2, 0) is 0 Å². The van der Waals surface area contributed by atoms with Crippen molar-refractivity contribution in [2.75, 3.05) is 23.7 Å². The molecule has 27 heavy (non-hydrogen) atoms. The van der Waals surface area contributed by atoms with Crippen LogP contribution in [0.2, 0.25) is 0 Å². The fraction of sp³-hybridized carbons (Fsp3) is 0.278. The van der Waals surface area contributed by atoms with Crippen molar-refractivity contribution in [3.63, 3.8) is 0 Å². The zero-order valence-corrected chi connectivity index (χ0v) is 14.6. The Labute approximate surface area is 155 Å². The molecule has 0 spiro atoms. The van der Waals surface area contributed by atoms with Crippen LogP contribution in [0.4, 0.5) is 17.5 Å². The second-order valence-electron chi connectivity index (χ2n) is 6.20. The summed E-state index contributed by atoms with van der Waals surface area (Å²) in [5.74, 6) is 2.97. The van der Waals surface area contributed by atoms with Gasteiger partial charge in [-0.2, -0.15) is 0 Å². The number of anilines is 3. The summed E-state index contributed by atoms with van der Waals surface area (Å²) in [4.78, 5) is 24.6. The largest absolute Gasteiger partial charge is 0.368 e. The van der Waals surface area contributed by atoms with Crippen molar-refractivity contribution in [3.05, 3.63) is 54.3 Å². The lowest BCUT2D eigenvalue weighted by Crippen LogP contribution is -2.29. The van der Waals surface area contributed by atoms with Crippen molar-refractivity contribution < 1.29 is 9.32 Å². The number of aromatic nitrogens is 4. The van der Waals surface area contributed by atoms with Crippen LogP contribution in [-0.4, -0.2) is 39.1 Å². The van der Waals surface area contributed by atoms with Crippen molar-refractivity contribution >= 4 is 23.4 Å². The Kier molecular flexibility index (Phi) is 4.91. The van der Waals surface area contributed by atoms with Gasteiger partial charge in [-0.3, -0.25) is 4.79 Å². The Hall–Kier alpha value is -3.49. The molecule has 4 rings (SSSR count). The van der Waals surface area contributed by atoms with Crippen LogP contribution in [0.15, 0.2) is 47.4 Å². The smallest absolute Gasteiger partial charge is 0.273 e. The molecule has 9 heteroatoms. The maximum Gasteiger partial charge on any atom is 0.273 e. The number of hydrogen-bond donors (Lipinski definition) is 3. The summed E-state index contributed by atoms with van der Waals surface area (Å²) in [6, 6.07) is 9.08. The van der Waals surface area contributed by atoms with Crippen LogP contribution in [0.5, 0.6) is 0 Å². The predicted octanol–water partition coefficient (Wildman–Crippen LogP) is 2.32. The van der Waals surface area contributed by atoms with E-state index >= 15 is 0 Å². The van der Waals surface area contributed by atoms with Crippen molar-refractivity contribution in [2.45, 2.75) is 18.8 Å². The van der Waals surface area contributed by atoms with Gasteiger partial charge in [0.15, 0.2) is 5.69 Å². The lowest BCUT2D eigenvalue weighted by atomic mass is 10.3. The van der Waals surface area contributed by atoms with E-state index in [0.717, 1.165) is 18.6 Å². The quantitative estimate of drug-likeness (QED) is 0.521. The number of nitrogens with one attached hydrogen (secondary N) is 3. The first-order chi connectivity index (χ1) is 13.3. The number of nitrogens with zero attached hydrogens (tertiary/aromatic N) is 4. The fourth-order valence-corrected chi connectivity index (χ4v) is 2.50. The van der Waals surface area contributed by atoms with Gasteiger partial charge >= 0.3 is 0 Å². The second-order valence-corrected chi connectivity index (χ2v) is 6.20. The third-order valence-electron chi connectivity index (χ3n) is 4.05. The topological polar surface area (TPSA) is 118 Å². The molecular formula is C18H19N7O2. The molecule has 1 aliphatic carbocycles. The molecule has 138 valence electrons. The van der Waals surface area contributed by atoms with Crippen LogP contribution in [0, 0.1) is 0 Å². The molecule has 0 aromatic carbocycles. The molecule has 3 aromatic rings. The van der Waals surface area contributed by atoms with E-state index in [1.54, 1.807) is 18.3 Å². The minimum atomic E-state index is -0.243. The molecule has 0 aliphatic heterocycles. The SMILES string of the molecule is O=C(NCCNc1cc(Nc2ccccn2)ncn1)c1cc(C2CC2)on1. The fourth-order valence-electron chi connectivity index (χ4n) is 2.50. The summed E-state index contributed by atoms with van der Waals surface area (Å²) < 4.78 is 5.19. The first-order valence-corrected chi connectivity index (χ1v) is 8.77. The molecule has 0 bridgehead atoms. The Morgan fingerprint density at radius 3 is 2.78 bits per heavy atom. The van der Waals surface area contributed by atoms with Crippen molar-refractivity contribution in [1.29, 1.82) is 0 Å². The molecule has 3 N–H and O–H groups in total. The Morgan fingerprint density at radius 1 is 1.07 bits per heavy atom. The monoisotopic (exact) mass is 365 g/mol. The summed E-state index contributed by atoms with van der Waals surface area (Å²) in [7, 11) is 0. The molecule has 9 nitrogen and oxygen atoms in total. The summed E-state index contributed by atoms with van der Waals surface area (Å²) in [5.41, 5.74) is 0.320. The Bertz CT molecular complexity index is 909. The first kappa shape index (κ1) is 17.0. The summed E-state index contributed by atoms with van der Waals surface area (Å²) in [5, 5.41) is 12.9. The van der Waals surface area contributed by atoms with E-state index in [2.05, 4.69) is 36.1 Å². The number of hydrogen-bond acceptors (Lipinski definition) is 8. The highest BCUT2D eigenvalue weighted by atomic mass is 16.5. The van der Waals surface area contributed by atoms with E-state index in [9.17, 15) is 4.79 Å². The van der Waals surface area contributed by atoms with Gasteiger partial charge in [0.05, 0.1) is 0 Å². The molecule has 0 radical (unpaired) electrons.